The van der Waals surface area contributed by atoms with Crippen LogP contribution < -0.4 is 16.0 Å². The Kier molecular flexibility index (Phi) is 11.4. The number of rotatable bonds is 14. The topological polar surface area (TPSA) is 117 Å². The van der Waals surface area contributed by atoms with Crippen LogP contribution >= 0.6 is 11.6 Å². The summed E-state index contributed by atoms with van der Waals surface area (Å²) in [7, 11) is 0. The predicted molar refractivity (Wildman–Crippen MR) is 155 cm³/mol. The number of carbonyl (C=O) groups excluding carboxylic acids is 4. The second-order valence-corrected chi connectivity index (χ2v) is 12.1. The summed E-state index contributed by atoms with van der Waals surface area (Å²) in [4.78, 5) is 51.2. The zero-order valence-corrected chi connectivity index (χ0v) is 24.6. The Balaban J connectivity index is 1.41. The van der Waals surface area contributed by atoms with Gasteiger partial charge in [0.25, 0.3) is 0 Å². The molecular formula is C30H43ClN4O5. The minimum atomic E-state index is -0.909. The molecule has 1 saturated heterocycles. The number of halogens is 1. The van der Waals surface area contributed by atoms with E-state index < -0.39 is 23.3 Å². The van der Waals surface area contributed by atoms with Crippen molar-refractivity contribution in [1.82, 2.24) is 20.9 Å². The van der Waals surface area contributed by atoms with Crippen molar-refractivity contribution in [2.24, 2.45) is 5.92 Å². The number of benzene rings is 1. The summed E-state index contributed by atoms with van der Waals surface area (Å²) in [6.45, 7) is 7.19. The number of ether oxygens (including phenoxy) is 1. The number of hydrogen-bond acceptors (Lipinski definition) is 5. The fourth-order valence-electron chi connectivity index (χ4n) is 5.02. The molecule has 2 aliphatic rings. The number of nitrogens with one attached hydrogen (secondary N) is 3. The first kappa shape index (κ1) is 31.5. The van der Waals surface area contributed by atoms with Crippen LogP contribution in [-0.2, 0) is 25.7 Å². The van der Waals surface area contributed by atoms with Gasteiger partial charge in [-0.2, -0.15) is 0 Å². The van der Waals surface area contributed by atoms with Crippen LogP contribution in [0.4, 0.5) is 4.79 Å². The maximum absolute atomic E-state index is 13.0. The van der Waals surface area contributed by atoms with Crippen LogP contribution in [0.2, 0.25) is 5.02 Å². The van der Waals surface area contributed by atoms with Gasteiger partial charge >= 0.3 is 6.09 Å². The molecule has 220 valence electrons. The molecule has 1 heterocycles. The Bertz CT molecular complexity index is 1070. The Hall–Kier alpha value is -3.07. The minimum Gasteiger partial charge on any atom is -0.444 e. The van der Waals surface area contributed by atoms with Crippen LogP contribution in [0.25, 0.3) is 0 Å². The van der Waals surface area contributed by atoms with Crippen LogP contribution in [0.15, 0.2) is 36.4 Å². The summed E-state index contributed by atoms with van der Waals surface area (Å²) in [6, 6.07) is 6.70. The van der Waals surface area contributed by atoms with Gasteiger partial charge < -0.3 is 25.6 Å². The van der Waals surface area contributed by atoms with Gasteiger partial charge in [0.1, 0.15) is 17.2 Å². The first-order valence-electron chi connectivity index (χ1n) is 14.2. The van der Waals surface area contributed by atoms with Crippen LogP contribution in [0.5, 0.6) is 0 Å². The highest BCUT2D eigenvalue weighted by Gasteiger charge is 2.58. The molecule has 40 heavy (non-hydrogen) atoms. The first-order valence-corrected chi connectivity index (χ1v) is 14.6. The molecule has 1 aliphatic heterocycles. The second kappa shape index (κ2) is 14.5. The monoisotopic (exact) mass is 574 g/mol. The summed E-state index contributed by atoms with van der Waals surface area (Å²) in [5, 5.41) is 9.01. The minimum absolute atomic E-state index is 0.0374. The standard InChI is InChI=1S/C30H43ClN4O5/c1-29(2,3)40-28(39)34-25(26(37)35-16-9-10-17-35)15-8-6-4-5-7-13-23-19-30(23,33-21-36)27(38)32-20-22-12-11-14-24(31)18-22/h7,11-14,18,21,23,25H,4-6,8-10,15-17,19-20H2,1-3H3,(H,32,38)(H,33,36)(H,34,39)/b13-7-/t23-,25+,30-/m1/s1. The molecule has 0 aromatic heterocycles. The van der Waals surface area contributed by atoms with Gasteiger partial charge in [0, 0.05) is 30.6 Å². The smallest absolute Gasteiger partial charge is 0.408 e. The van der Waals surface area contributed by atoms with Gasteiger partial charge in [0.2, 0.25) is 18.2 Å². The molecule has 4 amide bonds. The number of hydrogen-bond donors (Lipinski definition) is 3. The maximum Gasteiger partial charge on any atom is 0.408 e. The Labute approximate surface area is 242 Å². The molecule has 0 spiro atoms. The third-order valence-corrected chi connectivity index (χ3v) is 7.45. The average molecular weight is 575 g/mol. The summed E-state index contributed by atoms with van der Waals surface area (Å²) in [5.74, 6) is -0.303. The summed E-state index contributed by atoms with van der Waals surface area (Å²) in [6.07, 6.45) is 10.6. The van der Waals surface area contributed by atoms with Gasteiger partial charge in [-0.05, 0) is 77.0 Å². The van der Waals surface area contributed by atoms with Crippen molar-refractivity contribution in [3.05, 3.63) is 47.0 Å². The van der Waals surface area contributed by atoms with Gasteiger partial charge in [-0.3, -0.25) is 14.4 Å². The molecule has 9 nitrogen and oxygen atoms in total. The van der Waals surface area contributed by atoms with Crippen molar-refractivity contribution < 1.29 is 23.9 Å². The lowest BCUT2D eigenvalue weighted by Crippen LogP contribution is -2.49. The predicted octanol–water partition coefficient (Wildman–Crippen LogP) is 4.48. The first-order chi connectivity index (χ1) is 19.0. The van der Waals surface area contributed by atoms with Crippen LogP contribution in [0, 0.1) is 5.92 Å². The maximum atomic E-state index is 13.0. The number of unbranched alkanes of at least 4 members (excludes halogenated alkanes) is 3. The highest BCUT2D eigenvalue weighted by atomic mass is 35.5. The Morgan fingerprint density at radius 2 is 1.93 bits per heavy atom. The largest absolute Gasteiger partial charge is 0.444 e. The van der Waals surface area contributed by atoms with Gasteiger partial charge in [-0.25, -0.2) is 4.79 Å². The average Bonchev–Trinajstić information content (AvgIpc) is 3.30. The quantitative estimate of drug-likeness (QED) is 0.172. The zero-order valence-electron chi connectivity index (χ0n) is 23.8. The summed E-state index contributed by atoms with van der Waals surface area (Å²) in [5.41, 5.74) is -0.650. The SMILES string of the molecule is CC(C)(C)OC(=O)N[C@@H](CCCCC/C=C\[C@@H]1C[C@]1(NC=O)C(=O)NCc1cccc(Cl)c1)C(=O)N1CCCC1. The van der Waals surface area contributed by atoms with Gasteiger partial charge in [-0.1, -0.05) is 48.7 Å². The lowest BCUT2D eigenvalue weighted by Gasteiger charge is -2.26. The molecule has 2 fully saturated rings. The molecule has 0 bridgehead atoms. The third-order valence-electron chi connectivity index (χ3n) is 7.22. The van der Waals surface area contributed by atoms with E-state index in [0.717, 1.165) is 57.2 Å². The van der Waals surface area contributed by atoms with E-state index in [1.807, 2.05) is 23.1 Å². The molecule has 10 heteroatoms. The van der Waals surface area contributed by atoms with Crippen molar-refractivity contribution in [2.75, 3.05) is 13.1 Å². The summed E-state index contributed by atoms with van der Waals surface area (Å²) >= 11 is 6.02. The van der Waals surface area contributed by atoms with Crippen molar-refractivity contribution in [2.45, 2.75) is 95.9 Å². The van der Waals surface area contributed by atoms with E-state index in [0.29, 0.717) is 30.8 Å². The Morgan fingerprint density at radius 3 is 2.60 bits per heavy atom. The molecule has 0 unspecified atom stereocenters. The third kappa shape index (κ3) is 9.54. The molecule has 1 aromatic carbocycles. The second-order valence-electron chi connectivity index (χ2n) is 11.7. The number of carbonyl (C=O) groups is 4. The van der Waals surface area contributed by atoms with Gasteiger partial charge in [-0.15, -0.1) is 0 Å². The van der Waals surface area contributed by atoms with E-state index in [9.17, 15) is 19.2 Å². The van der Waals surface area contributed by atoms with Crippen LogP contribution in [-0.4, -0.2) is 59.5 Å². The zero-order chi connectivity index (χ0) is 29.2. The molecule has 3 atom stereocenters. The molecule has 3 N–H and O–H groups in total. The normalized spacial score (nSPS) is 21.1. The molecule has 0 radical (unpaired) electrons. The molecule has 3 rings (SSSR count). The fraction of sp³-hybridized carbons (Fsp3) is 0.600. The summed E-state index contributed by atoms with van der Waals surface area (Å²) < 4.78 is 5.37. The van der Waals surface area contributed by atoms with Crippen molar-refractivity contribution in [1.29, 1.82) is 0 Å². The van der Waals surface area contributed by atoms with Gasteiger partial charge in [0.05, 0.1) is 0 Å². The van der Waals surface area contributed by atoms with Crippen LogP contribution in [0.3, 0.4) is 0 Å². The Morgan fingerprint density at radius 1 is 1.18 bits per heavy atom. The number of allylic oxidation sites excluding steroid dienone is 1. The van der Waals surface area contributed by atoms with E-state index >= 15 is 0 Å². The highest BCUT2D eigenvalue weighted by molar-refractivity contribution is 6.30. The van der Waals surface area contributed by atoms with Crippen molar-refractivity contribution in [3.63, 3.8) is 0 Å². The van der Waals surface area contributed by atoms with E-state index in [4.69, 9.17) is 16.3 Å². The molecule has 1 aromatic rings. The van der Waals surface area contributed by atoms with Crippen molar-refractivity contribution >= 4 is 35.9 Å². The lowest BCUT2D eigenvalue weighted by atomic mass is 10.1. The van der Waals surface area contributed by atoms with Crippen LogP contribution in [0.1, 0.15) is 77.7 Å². The van der Waals surface area contributed by atoms with Gasteiger partial charge in [0.15, 0.2) is 0 Å². The number of likely N-dealkylation sites (tertiary alicyclic amines) is 1. The van der Waals surface area contributed by atoms with Crippen molar-refractivity contribution in [3.8, 4) is 0 Å². The molecule has 1 aliphatic carbocycles. The number of amides is 4. The molecule has 1 saturated carbocycles. The highest BCUT2D eigenvalue weighted by Crippen LogP contribution is 2.44. The van der Waals surface area contributed by atoms with E-state index in [1.165, 1.54) is 0 Å². The molecular weight excluding hydrogens is 532 g/mol. The van der Waals surface area contributed by atoms with E-state index in [1.54, 1.807) is 32.9 Å². The van der Waals surface area contributed by atoms with E-state index in [-0.39, 0.29) is 17.7 Å². The number of nitrogens with zero attached hydrogens (tertiary/aromatic N) is 1. The lowest BCUT2D eigenvalue weighted by molar-refractivity contribution is -0.132. The number of alkyl carbamates (subject to hydrolysis) is 1. The van der Waals surface area contributed by atoms with E-state index in [2.05, 4.69) is 22.0 Å². The fourth-order valence-corrected chi connectivity index (χ4v) is 5.23.